The molecule has 383 valence electrons. The third-order valence-corrected chi connectivity index (χ3v) is 3.85. The third-order valence-electron chi connectivity index (χ3n) is 3.85. The van der Waals surface area contributed by atoms with Gasteiger partial charge in [0.1, 0.15) is 0 Å². The maximum atomic E-state index is 9.13. The molecule has 35 heteroatoms. The van der Waals surface area contributed by atoms with Crippen LogP contribution in [0.4, 0.5) is 0 Å². The van der Waals surface area contributed by atoms with Crippen molar-refractivity contribution in [2.24, 2.45) is 22.9 Å². The molecule has 0 aliphatic heterocycles. The molecule has 0 aliphatic rings. The van der Waals surface area contributed by atoms with Gasteiger partial charge in [-0.25, -0.2) is 0 Å². The van der Waals surface area contributed by atoms with Crippen LogP contribution in [-0.2, 0) is 91.4 Å². The van der Waals surface area contributed by atoms with Crippen molar-refractivity contribution in [1.29, 1.82) is 0 Å². The number of nitrogens with two attached hydrogens (primary N) is 4. The van der Waals surface area contributed by atoms with Gasteiger partial charge < -0.3 is 178 Å². The van der Waals surface area contributed by atoms with Gasteiger partial charge in [0.15, 0.2) is 0 Å². The molecule has 0 saturated carbocycles. The number of hydrogen-bond donors (Lipinski definition) is 4. The number of aromatic nitrogens is 4. The fourth-order valence-electron chi connectivity index (χ4n) is 2.06. The summed E-state index contributed by atoms with van der Waals surface area (Å²) in [7, 11) is 0. The molecule has 0 amide bonds. The first-order chi connectivity index (χ1) is 21.0. The van der Waals surface area contributed by atoms with Gasteiger partial charge in [-0.15, -0.1) is 0 Å². The van der Waals surface area contributed by atoms with E-state index < -0.39 is 23.9 Å². The minimum Gasteiger partial charge on any atom is -1.00 e. The molecule has 4 aromatic rings. The van der Waals surface area contributed by atoms with Gasteiger partial charge in [-0.3, -0.25) is 19.9 Å². The van der Waals surface area contributed by atoms with E-state index in [1.54, 1.807) is 24.8 Å². The van der Waals surface area contributed by atoms with Crippen molar-refractivity contribution in [2.45, 2.75) is 0 Å². The van der Waals surface area contributed by atoms with E-state index in [2.05, 4.69) is 42.9 Å². The molecule has 4 aromatic heterocycles. The van der Waals surface area contributed by atoms with Gasteiger partial charge in [0.25, 0.3) is 0 Å². The van der Waals surface area contributed by atoms with Gasteiger partial charge in [-0.1, -0.05) is 24.3 Å². The molecule has 4 rings (SSSR count). The molecular weight excluding hydrogens is 1090 g/mol. The van der Waals surface area contributed by atoms with Crippen molar-refractivity contribution in [2.75, 3.05) is 26.2 Å². The first-order valence-corrected chi connectivity index (χ1v) is 12.3. The SMILES string of the molecule is NCC(=O)[O-].NCC(=O)[O-].NCC(=O)[O-].NCC(=O)[O-].O.O.O.O.O.O.O.O.[Cl-].[Cl-].[Cl-].[Cl-].[Co+2].[Co+3].[Co+3].[OH3+].[OH3+].[OH3+].[OH3+].c1ccc(-c2ccccn2)nc1.c1ccc(-c2ccccn2)nc1. The summed E-state index contributed by atoms with van der Waals surface area (Å²) >= 11 is 0. The molecule has 63 heavy (non-hydrogen) atoms. The molecule has 28 nitrogen and oxygen atoms in total. The van der Waals surface area contributed by atoms with Crippen LogP contribution in [-0.4, -0.2) is 114 Å². The number of pyridine rings is 4. The zero-order valence-electron chi connectivity index (χ0n) is 32.3. The number of carboxylic acids is 4. The van der Waals surface area contributed by atoms with Crippen molar-refractivity contribution >= 4 is 23.9 Å². The van der Waals surface area contributed by atoms with Gasteiger partial charge in [0.2, 0.25) is 0 Å². The summed E-state index contributed by atoms with van der Waals surface area (Å²) in [5.41, 5.74) is 21.7. The molecule has 36 N–H and O–H groups in total. The van der Waals surface area contributed by atoms with E-state index >= 15 is 0 Å². The molecule has 0 spiro atoms. The van der Waals surface area contributed by atoms with E-state index in [0.29, 0.717) is 0 Å². The summed E-state index contributed by atoms with van der Waals surface area (Å²) in [5.74, 6) is -4.87. The van der Waals surface area contributed by atoms with Crippen LogP contribution in [0.25, 0.3) is 22.8 Å². The quantitative estimate of drug-likeness (QED) is 0.130. The predicted molar refractivity (Wildman–Crippen MR) is 200 cm³/mol. The Morgan fingerprint density at radius 2 is 0.476 bits per heavy atom. The number of carbonyl (C=O) groups excluding carboxylic acids is 4. The second-order valence-electron chi connectivity index (χ2n) is 7.16. The number of halogens is 4. The molecule has 0 saturated heterocycles. The van der Waals surface area contributed by atoms with E-state index in [1.165, 1.54) is 0 Å². The standard InChI is InChI=1S/2C10H8N2.4C2H5NO2.4ClH.3Co.12H2O/c2*1-3-7-11-9(5-1)10-6-2-4-8-12-10;4*3-1-2(4)5;;;;;;;;;;;;;;;;;;;/h2*1-8H;4*1,3H2,(H,4,5);4*1H;;;;12*1H2/q;;;;;;;;;;+2;2*+3;;;;;;;;;;;;/p-4. The van der Waals surface area contributed by atoms with Crippen LogP contribution in [0.3, 0.4) is 0 Å². The van der Waals surface area contributed by atoms with Crippen molar-refractivity contribution in [3.8, 4) is 22.8 Å². The zero-order chi connectivity index (χ0) is 33.6. The first kappa shape index (κ1) is 137. The van der Waals surface area contributed by atoms with Crippen LogP contribution in [0.2, 0.25) is 0 Å². The van der Waals surface area contributed by atoms with Gasteiger partial charge in [-0.05, 0) is 48.5 Å². The second kappa shape index (κ2) is 97.7. The largest absolute Gasteiger partial charge is 3.00 e. The molecule has 0 aliphatic carbocycles. The van der Waals surface area contributed by atoms with E-state index in [1.807, 2.05) is 72.8 Å². The van der Waals surface area contributed by atoms with E-state index in [0.717, 1.165) is 22.8 Å². The summed E-state index contributed by atoms with van der Waals surface area (Å²) in [6.07, 6.45) is 7.07. The summed E-state index contributed by atoms with van der Waals surface area (Å²) in [4.78, 5) is 53.3. The number of rotatable bonds is 6. The zero-order valence-corrected chi connectivity index (χ0v) is 38.4. The van der Waals surface area contributed by atoms with Crippen LogP contribution in [0, 0.1) is 0 Å². The molecular formula is C28H60Cl4Co3N8O20+4. The Morgan fingerprint density at radius 1 is 0.365 bits per heavy atom. The summed E-state index contributed by atoms with van der Waals surface area (Å²) in [6.45, 7) is -1.56. The Balaban J connectivity index is -0.0000000174. The maximum Gasteiger partial charge on any atom is 3.00 e. The molecule has 0 atom stereocenters. The Bertz CT molecular complexity index is 1160. The molecule has 0 fully saturated rings. The number of carboxylic acid groups (broad SMARTS) is 4. The van der Waals surface area contributed by atoms with Gasteiger partial charge in [0.05, 0.1) is 46.7 Å². The van der Waals surface area contributed by atoms with Crippen molar-refractivity contribution in [3.05, 3.63) is 97.6 Å². The van der Waals surface area contributed by atoms with Gasteiger partial charge in [-0.2, -0.15) is 0 Å². The van der Waals surface area contributed by atoms with Crippen molar-refractivity contribution in [1.82, 2.24) is 19.9 Å². The average Bonchev–Trinajstić information content (AvgIpc) is 3.07. The monoisotopic (exact) mass is 1150 g/mol. The number of carbonyl (C=O) groups is 4. The van der Waals surface area contributed by atoms with E-state index in [-0.39, 0.29) is 192 Å². The fraction of sp³-hybridized carbons (Fsp3) is 0.143. The second-order valence-corrected chi connectivity index (χ2v) is 7.16. The Labute approximate surface area is 416 Å². The topological polar surface area (TPSA) is 700 Å². The van der Waals surface area contributed by atoms with Crippen LogP contribution >= 0.6 is 0 Å². The average molecular weight is 1150 g/mol. The van der Waals surface area contributed by atoms with Crippen LogP contribution in [0.5, 0.6) is 0 Å². The van der Waals surface area contributed by atoms with E-state index in [4.69, 9.17) is 39.6 Å². The fourth-order valence-corrected chi connectivity index (χ4v) is 2.06. The van der Waals surface area contributed by atoms with E-state index in [9.17, 15) is 0 Å². The van der Waals surface area contributed by atoms with Crippen LogP contribution in [0.15, 0.2) is 97.6 Å². The smallest absolute Gasteiger partial charge is 1.00 e. The molecule has 0 unspecified atom stereocenters. The molecule has 0 aromatic carbocycles. The third kappa shape index (κ3) is 94.3. The maximum absolute atomic E-state index is 9.13. The first-order valence-electron chi connectivity index (χ1n) is 12.3. The van der Waals surface area contributed by atoms with Crippen molar-refractivity contribution in [3.63, 3.8) is 0 Å². The van der Waals surface area contributed by atoms with Gasteiger partial charge in [0, 0.05) is 51.0 Å². The Morgan fingerprint density at radius 3 is 0.540 bits per heavy atom. The molecule has 4 heterocycles. The van der Waals surface area contributed by atoms with Crippen LogP contribution in [0.1, 0.15) is 0 Å². The summed E-state index contributed by atoms with van der Waals surface area (Å²) in [6, 6.07) is 23.2. The molecule has 0 bridgehead atoms. The summed E-state index contributed by atoms with van der Waals surface area (Å²) < 4.78 is 0. The normalized spacial score (nSPS) is 6.03. The predicted octanol–water partition coefficient (Wildman–Crippen LogP) is -27.2. The molecule has 1 radical (unpaired) electrons. The number of aliphatic carboxylic acids is 4. The Hall–Kier alpha value is -3.48. The minimum absolute atomic E-state index is 0. The Kier molecular flexibility index (Phi) is 213. The van der Waals surface area contributed by atoms with Gasteiger partial charge >= 0.3 is 50.3 Å². The van der Waals surface area contributed by atoms with Crippen molar-refractivity contribution < 1.29 is 205 Å². The number of hydrogen-bond acceptors (Lipinski definition) is 16. The minimum atomic E-state index is -1.22. The number of nitrogens with zero attached hydrogens (tertiary/aromatic N) is 4. The van der Waals surface area contributed by atoms with Crippen LogP contribution < -0.4 is 93.0 Å². The summed E-state index contributed by atoms with van der Waals surface area (Å²) in [5, 5.41) is 36.5.